The summed E-state index contributed by atoms with van der Waals surface area (Å²) in [6.07, 6.45) is 6.11. The fourth-order valence-electron chi connectivity index (χ4n) is 2.84. The first-order valence-electron chi connectivity index (χ1n) is 5.91. The van der Waals surface area contributed by atoms with E-state index in [1.165, 1.54) is 19.1 Å². The molecule has 2 bridgehead atoms. The number of halogens is 1. The van der Waals surface area contributed by atoms with Crippen LogP contribution in [0.1, 0.15) is 36.2 Å². The number of carbonyl (C=O) groups is 1. The summed E-state index contributed by atoms with van der Waals surface area (Å²) in [6, 6.07) is 4.93. The molecule has 3 rings (SSSR count). The van der Waals surface area contributed by atoms with Gasteiger partial charge in [-0.2, -0.15) is 0 Å². The van der Waals surface area contributed by atoms with Gasteiger partial charge in [-0.3, -0.25) is 4.79 Å². The third-order valence-corrected chi connectivity index (χ3v) is 3.55. The Morgan fingerprint density at radius 2 is 2.06 bits per heavy atom. The lowest BCUT2D eigenvalue weighted by Gasteiger charge is -2.29. The lowest BCUT2D eigenvalue weighted by molar-refractivity contribution is 0.0896. The molecule has 2 saturated heterocycles. The van der Waals surface area contributed by atoms with Crippen LogP contribution >= 0.6 is 12.4 Å². The molecule has 2 aliphatic heterocycles. The smallest absolute Gasteiger partial charge is 0.287 e. The maximum absolute atomic E-state index is 11.8. The Morgan fingerprint density at radius 1 is 1.35 bits per heavy atom. The van der Waals surface area contributed by atoms with E-state index in [0.29, 0.717) is 23.9 Å². The van der Waals surface area contributed by atoms with Crippen LogP contribution in [0.25, 0.3) is 0 Å². The van der Waals surface area contributed by atoms with E-state index in [1.54, 1.807) is 12.1 Å². The minimum absolute atomic E-state index is 0. The number of fused-ring (bicyclic) bond motifs is 2. The molecular weight excluding hydrogens is 240 g/mol. The van der Waals surface area contributed by atoms with Crippen LogP contribution in [-0.2, 0) is 0 Å². The van der Waals surface area contributed by atoms with Crippen molar-refractivity contribution in [3.63, 3.8) is 0 Å². The molecule has 0 radical (unpaired) electrons. The molecule has 3 heterocycles. The van der Waals surface area contributed by atoms with Crippen molar-refractivity contribution in [2.45, 2.75) is 43.8 Å². The third-order valence-electron chi connectivity index (χ3n) is 3.55. The summed E-state index contributed by atoms with van der Waals surface area (Å²) in [5.74, 6) is 0.321. The maximum atomic E-state index is 11.8. The van der Waals surface area contributed by atoms with E-state index in [1.807, 2.05) is 0 Å². The summed E-state index contributed by atoms with van der Waals surface area (Å²) in [5.41, 5.74) is 0. The van der Waals surface area contributed by atoms with Gasteiger partial charge in [0.25, 0.3) is 5.91 Å². The van der Waals surface area contributed by atoms with E-state index in [4.69, 9.17) is 4.42 Å². The largest absolute Gasteiger partial charge is 0.459 e. The van der Waals surface area contributed by atoms with Crippen molar-refractivity contribution in [1.29, 1.82) is 0 Å². The zero-order chi connectivity index (χ0) is 11.0. The third kappa shape index (κ3) is 2.64. The van der Waals surface area contributed by atoms with Crippen molar-refractivity contribution < 1.29 is 9.21 Å². The van der Waals surface area contributed by atoms with Crippen molar-refractivity contribution in [2.24, 2.45) is 0 Å². The molecule has 5 heteroatoms. The van der Waals surface area contributed by atoms with Gasteiger partial charge in [0.2, 0.25) is 0 Å². The Balaban J connectivity index is 0.00000108. The first-order chi connectivity index (χ1) is 7.81. The summed E-state index contributed by atoms with van der Waals surface area (Å²) in [4.78, 5) is 11.8. The molecule has 94 valence electrons. The highest BCUT2D eigenvalue weighted by molar-refractivity contribution is 5.91. The quantitative estimate of drug-likeness (QED) is 0.847. The van der Waals surface area contributed by atoms with Crippen LogP contribution in [0.5, 0.6) is 0 Å². The number of furan rings is 1. The van der Waals surface area contributed by atoms with Gasteiger partial charge in [0.05, 0.1) is 6.26 Å². The molecule has 2 aliphatic rings. The molecule has 2 fully saturated rings. The fourth-order valence-corrected chi connectivity index (χ4v) is 2.84. The molecule has 17 heavy (non-hydrogen) atoms. The van der Waals surface area contributed by atoms with E-state index >= 15 is 0 Å². The Morgan fingerprint density at radius 3 is 2.65 bits per heavy atom. The van der Waals surface area contributed by atoms with Crippen LogP contribution in [0.15, 0.2) is 22.8 Å². The van der Waals surface area contributed by atoms with Gasteiger partial charge in [-0.25, -0.2) is 0 Å². The predicted molar refractivity (Wildman–Crippen MR) is 66.4 cm³/mol. The lowest BCUT2D eigenvalue weighted by Crippen LogP contribution is -2.47. The van der Waals surface area contributed by atoms with Gasteiger partial charge in [-0.15, -0.1) is 12.4 Å². The number of carbonyl (C=O) groups excluding carboxylic acids is 1. The van der Waals surface area contributed by atoms with Gasteiger partial charge in [-0.1, -0.05) is 0 Å². The van der Waals surface area contributed by atoms with Crippen molar-refractivity contribution in [1.82, 2.24) is 10.6 Å². The Bertz CT molecular complexity index is 368. The van der Waals surface area contributed by atoms with Crippen LogP contribution in [0.4, 0.5) is 0 Å². The van der Waals surface area contributed by atoms with Crippen molar-refractivity contribution in [2.75, 3.05) is 0 Å². The highest BCUT2D eigenvalue weighted by atomic mass is 35.5. The Labute approximate surface area is 107 Å². The molecule has 2 atom stereocenters. The van der Waals surface area contributed by atoms with Crippen LogP contribution < -0.4 is 10.6 Å². The second-order valence-electron chi connectivity index (χ2n) is 4.76. The number of hydrogen-bond donors (Lipinski definition) is 2. The highest BCUT2D eigenvalue weighted by Gasteiger charge is 2.34. The molecule has 0 aliphatic carbocycles. The molecule has 2 unspecified atom stereocenters. The molecule has 1 amide bonds. The first kappa shape index (κ1) is 12.5. The van der Waals surface area contributed by atoms with Crippen molar-refractivity contribution in [3.05, 3.63) is 24.2 Å². The Kier molecular flexibility index (Phi) is 3.74. The molecule has 0 saturated carbocycles. The minimum atomic E-state index is -0.0868. The zero-order valence-corrected chi connectivity index (χ0v) is 10.3. The Hall–Kier alpha value is -1.00. The standard InChI is InChI=1S/C12H16N2O2.ClH/c15-12(11-2-1-5-16-11)14-10-6-8-3-4-9(7-10)13-8;/h1-2,5,8-10,13H,3-4,6-7H2,(H,14,15);1H. The van der Waals surface area contributed by atoms with Crippen LogP contribution in [0.3, 0.4) is 0 Å². The summed E-state index contributed by atoms with van der Waals surface area (Å²) < 4.78 is 5.08. The predicted octanol–water partition coefficient (Wildman–Crippen LogP) is 1.71. The van der Waals surface area contributed by atoms with Crippen molar-refractivity contribution >= 4 is 18.3 Å². The topological polar surface area (TPSA) is 54.3 Å². The molecule has 2 N–H and O–H groups in total. The summed E-state index contributed by atoms with van der Waals surface area (Å²) in [7, 11) is 0. The van der Waals surface area contributed by atoms with E-state index in [2.05, 4.69) is 10.6 Å². The summed E-state index contributed by atoms with van der Waals surface area (Å²) >= 11 is 0. The van der Waals surface area contributed by atoms with Gasteiger partial charge >= 0.3 is 0 Å². The molecule has 4 nitrogen and oxygen atoms in total. The van der Waals surface area contributed by atoms with E-state index in [0.717, 1.165) is 12.8 Å². The van der Waals surface area contributed by atoms with E-state index in [-0.39, 0.29) is 18.3 Å². The second kappa shape index (κ2) is 5.10. The molecule has 0 spiro atoms. The maximum Gasteiger partial charge on any atom is 0.287 e. The minimum Gasteiger partial charge on any atom is -0.459 e. The molecule has 1 aromatic heterocycles. The lowest BCUT2D eigenvalue weighted by atomic mass is 10.00. The summed E-state index contributed by atoms with van der Waals surface area (Å²) in [5, 5.41) is 6.60. The van der Waals surface area contributed by atoms with Gasteiger partial charge < -0.3 is 15.1 Å². The van der Waals surface area contributed by atoms with Crippen LogP contribution in [0.2, 0.25) is 0 Å². The van der Waals surface area contributed by atoms with Crippen LogP contribution in [-0.4, -0.2) is 24.0 Å². The van der Waals surface area contributed by atoms with E-state index in [9.17, 15) is 4.79 Å². The van der Waals surface area contributed by atoms with Gasteiger partial charge in [0.15, 0.2) is 5.76 Å². The summed E-state index contributed by atoms with van der Waals surface area (Å²) in [6.45, 7) is 0. The normalized spacial score (nSPS) is 30.7. The number of piperidine rings is 1. The van der Waals surface area contributed by atoms with E-state index < -0.39 is 0 Å². The number of hydrogen-bond acceptors (Lipinski definition) is 3. The average molecular weight is 257 g/mol. The van der Waals surface area contributed by atoms with Gasteiger partial charge in [-0.05, 0) is 37.8 Å². The number of amides is 1. The second-order valence-corrected chi connectivity index (χ2v) is 4.76. The first-order valence-corrected chi connectivity index (χ1v) is 5.91. The van der Waals surface area contributed by atoms with Gasteiger partial charge in [0, 0.05) is 18.1 Å². The SMILES string of the molecule is Cl.O=C(NC1CC2CCC(C1)N2)c1ccco1. The van der Waals surface area contributed by atoms with Crippen molar-refractivity contribution in [3.8, 4) is 0 Å². The monoisotopic (exact) mass is 256 g/mol. The number of rotatable bonds is 2. The highest BCUT2D eigenvalue weighted by Crippen LogP contribution is 2.26. The van der Waals surface area contributed by atoms with Crippen LogP contribution in [0, 0.1) is 0 Å². The average Bonchev–Trinajstić information content (AvgIpc) is 2.88. The van der Waals surface area contributed by atoms with Gasteiger partial charge in [0.1, 0.15) is 0 Å². The number of nitrogens with one attached hydrogen (secondary N) is 2. The molecule has 1 aromatic rings. The zero-order valence-electron chi connectivity index (χ0n) is 9.52. The molecular formula is C12H17ClN2O2. The molecule has 0 aromatic carbocycles. The fraction of sp³-hybridized carbons (Fsp3) is 0.583.